The molecular weight excluding hydrogens is 321 g/mol. The van der Waals surface area contributed by atoms with Crippen molar-refractivity contribution in [2.24, 2.45) is 5.92 Å². The van der Waals surface area contributed by atoms with E-state index in [0.717, 1.165) is 19.4 Å². The molecule has 0 unspecified atom stereocenters. The quantitative estimate of drug-likeness (QED) is 0.889. The summed E-state index contributed by atoms with van der Waals surface area (Å²) in [7, 11) is 2.13. The summed E-state index contributed by atoms with van der Waals surface area (Å²) in [5, 5.41) is 2.42. The Labute approximate surface area is 149 Å². The zero-order valence-corrected chi connectivity index (χ0v) is 15.5. The Kier molecular flexibility index (Phi) is 6.53. The Morgan fingerprint density at radius 3 is 2.52 bits per heavy atom. The van der Waals surface area contributed by atoms with Crippen molar-refractivity contribution < 1.29 is 14.0 Å². The zero-order valence-electron chi connectivity index (χ0n) is 15.5. The van der Waals surface area contributed by atoms with Gasteiger partial charge in [-0.15, -0.1) is 0 Å². The molecule has 1 N–H and O–H groups in total. The van der Waals surface area contributed by atoms with Crippen molar-refractivity contribution in [3.63, 3.8) is 0 Å². The second kappa shape index (κ2) is 8.43. The molecule has 25 heavy (non-hydrogen) atoms. The van der Waals surface area contributed by atoms with E-state index in [1.807, 2.05) is 4.90 Å². The lowest BCUT2D eigenvalue weighted by Gasteiger charge is -2.35. The Balaban J connectivity index is 1.97. The number of benzene rings is 1. The average Bonchev–Trinajstić information content (AvgIpc) is 2.56. The molecule has 0 bridgehead atoms. The summed E-state index contributed by atoms with van der Waals surface area (Å²) in [5.41, 5.74) is 0.453. The maximum Gasteiger partial charge on any atom is 0.253 e. The Morgan fingerprint density at radius 2 is 1.96 bits per heavy atom. The molecule has 0 aromatic heterocycles. The molecule has 2 rings (SSSR count). The molecule has 0 radical (unpaired) electrons. The van der Waals surface area contributed by atoms with E-state index in [0.29, 0.717) is 30.6 Å². The van der Waals surface area contributed by atoms with Crippen LogP contribution >= 0.6 is 0 Å². The first-order valence-corrected chi connectivity index (χ1v) is 8.84. The van der Waals surface area contributed by atoms with Crippen LogP contribution in [0.2, 0.25) is 0 Å². The van der Waals surface area contributed by atoms with Gasteiger partial charge in [-0.2, -0.15) is 0 Å². The SMILES string of the molecule is CC(=O)Nc1cc(C(=O)N2CCC(CN(C)C(C)C)CC2)ccc1F. The van der Waals surface area contributed by atoms with E-state index < -0.39 is 5.82 Å². The number of hydrogen-bond acceptors (Lipinski definition) is 3. The maximum absolute atomic E-state index is 13.7. The van der Waals surface area contributed by atoms with Gasteiger partial charge in [-0.3, -0.25) is 9.59 Å². The van der Waals surface area contributed by atoms with Crippen LogP contribution in [0.3, 0.4) is 0 Å². The van der Waals surface area contributed by atoms with Crippen molar-refractivity contribution in [2.75, 3.05) is 32.0 Å². The van der Waals surface area contributed by atoms with E-state index in [-0.39, 0.29) is 17.5 Å². The van der Waals surface area contributed by atoms with E-state index >= 15 is 0 Å². The minimum Gasteiger partial charge on any atom is -0.339 e. The van der Waals surface area contributed by atoms with Crippen LogP contribution in [0, 0.1) is 11.7 Å². The van der Waals surface area contributed by atoms with E-state index in [1.54, 1.807) is 0 Å². The molecule has 1 fully saturated rings. The third-order valence-electron chi connectivity index (χ3n) is 4.85. The number of amides is 2. The van der Waals surface area contributed by atoms with Gasteiger partial charge in [0.05, 0.1) is 5.69 Å². The largest absolute Gasteiger partial charge is 0.339 e. The Bertz CT molecular complexity index is 625. The highest BCUT2D eigenvalue weighted by Gasteiger charge is 2.25. The molecule has 1 aliphatic heterocycles. The molecule has 5 nitrogen and oxygen atoms in total. The summed E-state index contributed by atoms with van der Waals surface area (Å²) in [5.74, 6) is -0.414. The highest BCUT2D eigenvalue weighted by atomic mass is 19.1. The minimum atomic E-state index is -0.540. The van der Waals surface area contributed by atoms with Crippen molar-refractivity contribution in [3.05, 3.63) is 29.6 Å². The molecule has 0 atom stereocenters. The lowest BCUT2D eigenvalue weighted by Crippen LogP contribution is -2.42. The lowest BCUT2D eigenvalue weighted by molar-refractivity contribution is -0.114. The Hall–Kier alpha value is -1.95. The van der Waals surface area contributed by atoms with Gasteiger partial charge in [0.2, 0.25) is 5.91 Å². The number of likely N-dealkylation sites (tertiary alicyclic amines) is 1. The Morgan fingerprint density at radius 1 is 1.32 bits per heavy atom. The van der Waals surface area contributed by atoms with Crippen LogP contribution in [-0.4, -0.2) is 54.3 Å². The van der Waals surface area contributed by atoms with E-state index in [9.17, 15) is 14.0 Å². The fourth-order valence-corrected chi connectivity index (χ4v) is 3.06. The number of nitrogens with one attached hydrogen (secondary N) is 1. The average molecular weight is 349 g/mol. The summed E-state index contributed by atoms with van der Waals surface area (Å²) in [4.78, 5) is 28.0. The van der Waals surface area contributed by atoms with Gasteiger partial charge in [0.25, 0.3) is 5.91 Å². The van der Waals surface area contributed by atoms with Gasteiger partial charge in [-0.25, -0.2) is 4.39 Å². The molecule has 138 valence electrons. The highest BCUT2D eigenvalue weighted by Crippen LogP contribution is 2.22. The smallest absolute Gasteiger partial charge is 0.253 e. The summed E-state index contributed by atoms with van der Waals surface area (Å²) in [6.07, 6.45) is 1.95. The third kappa shape index (κ3) is 5.26. The maximum atomic E-state index is 13.7. The number of nitrogens with zero attached hydrogens (tertiary/aromatic N) is 2. The van der Waals surface area contributed by atoms with Gasteiger partial charge in [0.1, 0.15) is 5.82 Å². The summed E-state index contributed by atoms with van der Waals surface area (Å²) < 4.78 is 13.7. The number of hydrogen-bond donors (Lipinski definition) is 1. The number of carbonyl (C=O) groups excluding carboxylic acids is 2. The molecule has 0 saturated carbocycles. The fourth-order valence-electron chi connectivity index (χ4n) is 3.06. The van der Waals surface area contributed by atoms with Crippen LogP contribution in [-0.2, 0) is 4.79 Å². The van der Waals surface area contributed by atoms with Crippen molar-refractivity contribution in [2.45, 2.75) is 39.7 Å². The van der Waals surface area contributed by atoms with Gasteiger partial charge in [-0.05, 0) is 57.9 Å². The van der Waals surface area contributed by atoms with Crippen molar-refractivity contribution in [1.82, 2.24) is 9.80 Å². The molecule has 1 saturated heterocycles. The first-order chi connectivity index (χ1) is 11.8. The predicted octanol–water partition coefficient (Wildman–Crippen LogP) is 2.98. The molecule has 0 spiro atoms. The first kappa shape index (κ1) is 19.4. The molecule has 2 amide bonds. The predicted molar refractivity (Wildman–Crippen MR) is 97.1 cm³/mol. The minimum absolute atomic E-state index is 0.0480. The summed E-state index contributed by atoms with van der Waals surface area (Å²) >= 11 is 0. The van der Waals surface area contributed by atoms with Crippen LogP contribution in [0.4, 0.5) is 10.1 Å². The van der Waals surface area contributed by atoms with Crippen LogP contribution in [0.25, 0.3) is 0 Å². The number of piperidine rings is 1. The zero-order chi connectivity index (χ0) is 18.6. The van der Waals surface area contributed by atoms with Gasteiger partial charge in [-0.1, -0.05) is 0 Å². The number of carbonyl (C=O) groups is 2. The van der Waals surface area contributed by atoms with Crippen LogP contribution in [0.15, 0.2) is 18.2 Å². The highest BCUT2D eigenvalue weighted by molar-refractivity contribution is 5.97. The van der Waals surface area contributed by atoms with Gasteiger partial charge in [0.15, 0.2) is 0 Å². The van der Waals surface area contributed by atoms with E-state index in [1.165, 1.54) is 25.1 Å². The van der Waals surface area contributed by atoms with Crippen molar-refractivity contribution in [3.8, 4) is 0 Å². The monoisotopic (exact) mass is 349 g/mol. The third-order valence-corrected chi connectivity index (χ3v) is 4.85. The van der Waals surface area contributed by atoms with Crippen LogP contribution in [0.5, 0.6) is 0 Å². The van der Waals surface area contributed by atoms with Gasteiger partial charge < -0.3 is 15.1 Å². The van der Waals surface area contributed by atoms with Gasteiger partial charge in [0, 0.05) is 38.2 Å². The fraction of sp³-hybridized carbons (Fsp3) is 0.579. The van der Waals surface area contributed by atoms with Crippen LogP contribution in [0.1, 0.15) is 44.0 Å². The van der Waals surface area contributed by atoms with Gasteiger partial charge >= 0.3 is 0 Å². The standard InChI is InChI=1S/C19H28FN3O2/c1-13(2)22(4)12-15-7-9-23(10-8-15)19(25)16-5-6-17(20)18(11-16)21-14(3)24/h5-6,11,13,15H,7-10,12H2,1-4H3,(H,21,24). The number of halogens is 1. The number of rotatable bonds is 5. The topological polar surface area (TPSA) is 52.7 Å². The van der Waals surface area contributed by atoms with Crippen molar-refractivity contribution in [1.29, 1.82) is 0 Å². The summed E-state index contributed by atoms with van der Waals surface area (Å²) in [6, 6.07) is 4.63. The lowest BCUT2D eigenvalue weighted by atomic mass is 9.95. The first-order valence-electron chi connectivity index (χ1n) is 8.84. The molecule has 1 aromatic rings. The molecule has 1 aliphatic rings. The van der Waals surface area contributed by atoms with E-state index in [4.69, 9.17) is 0 Å². The second-order valence-corrected chi connectivity index (χ2v) is 7.14. The second-order valence-electron chi connectivity index (χ2n) is 7.14. The molecule has 6 heteroatoms. The van der Waals surface area contributed by atoms with E-state index in [2.05, 4.69) is 31.1 Å². The number of anilines is 1. The molecule has 1 aromatic carbocycles. The normalized spacial score (nSPS) is 15.7. The molecule has 0 aliphatic carbocycles. The van der Waals surface area contributed by atoms with Crippen LogP contribution < -0.4 is 5.32 Å². The molecule has 1 heterocycles. The summed E-state index contributed by atoms with van der Waals surface area (Å²) in [6.45, 7) is 8.14. The van der Waals surface area contributed by atoms with Crippen molar-refractivity contribution >= 4 is 17.5 Å². The molecular formula is C19H28FN3O2.